The highest BCUT2D eigenvalue weighted by Gasteiger charge is 2.12. The lowest BCUT2D eigenvalue weighted by Crippen LogP contribution is -2.15. The van der Waals surface area contributed by atoms with E-state index >= 15 is 0 Å². The van der Waals surface area contributed by atoms with Crippen LogP contribution in [0.3, 0.4) is 0 Å². The second kappa shape index (κ2) is 8.47. The third kappa shape index (κ3) is 4.25. The van der Waals surface area contributed by atoms with Crippen LogP contribution in [0.15, 0.2) is 54.7 Å². The molecule has 0 saturated heterocycles. The first-order valence-electron chi connectivity index (χ1n) is 9.17. The average Bonchev–Trinajstić information content (AvgIpc) is 2.74. The lowest BCUT2D eigenvalue weighted by molar-refractivity contribution is 0.171. The number of fused-ring (bicyclic) bond motifs is 1. The topological polar surface area (TPSA) is 77.5 Å². The van der Waals surface area contributed by atoms with E-state index in [1.54, 1.807) is 13.3 Å². The van der Waals surface area contributed by atoms with Crippen molar-refractivity contribution in [2.75, 3.05) is 37.5 Å². The predicted octanol–water partition coefficient (Wildman–Crippen LogP) is 3.65. The number of hydrogen-bond acceptors (Lipinski definition) is 7. The summed E-state index contributed by atoms with van der Waals surface area (Å²) >= 11 is 0. The van der Waals surface area contributed by atoms with E-state index in [1.807, 2.05) is 42.5 Å². The molecule has 2 aromatic carbocycles. The second-order valence-electron chi connectivity index (χ2n) is 6.24. The maximum Gasteiger partial charge on any atom is 0.224 e. The summed E-state index contributed by atoms with van der Waals surface area (Å²) in [4.78, 5) is 8.80. The van der Waals surface area contributed by atoms with Gasteiger partial charge >= 0.3 is 0 Å². The Morgan fingerprint density at radius 3 is 2.79 bits per heavy atom. The lowest BCUT2D eigenvalue weighted by Gasteiger charge is -2.19. The van der Waals surface area contributed by atoms with Gasteiger partial charge in [-0.15, -0.1) is 0 Å². The van der Waals surface area contributed by atoms with Gasteiger partial charge in [-0.2, -0.15) is 4.98 Å². The van der Waals surface area contributed by atoms with Gasteiger partial charge in [-0.3, -0.25) is 0 Å². The van der Waals surface area contributed by atoms with Gasteiger partial charge in [0, 0.05) is 24.5 Å². The van der Waals surface area contributed by atoms with Crippen LogP contribution in [0.4, 0.5) is 17.5 Å². The summed E-state index contributed by atoms with van der Waals surface area (Å²) < 4.78 is 16.6. The highest BCUT2D eigenvalue weighted by atomic mass is 16.6. The Morgan fingerprint density at radius 1 is 1.04 bits per heavy atom. The van der Waals surface area contributed by atoms with Crippen molar-refractivity contribution in [3.63, 3.8) is 0 Å². The maximum atomic E-state index is 5.62. The number of methoxy groups -OCH3 is 1. The Balaban J connectivity index is 1.38. The van der Waals surface area contributed by atoms with Crippen molar-refractivity contribution in [3.05, 3.63) is 60.3 Å². The molecule has 0 unspecified atom stereocenters. The van der Waals surface area contributed by atoms with Crippen LogP contribution in [0, 0.1) is 0 Å². The monoisotopic (exact) mass is 378 g/mol. The first-order chi connectivity index (χ1) is 13.8. The number of nitrogens with one attached hydrogen (secondary N) is 2. The van der Waals surface area contributed by atoms with E-state index in [0.717, 1.165) is 34.9 Å². The number of nitrogens with zero attached hydrogens (tertiary/aromatic N) is 2. The fraction of sp³-hybridized carbons (Fsp3) is 0.238. The van der Waals surface area contributed by atoms with Crippen LogP contribution in [0.1, 0.15) is 5.56 Å². The zero-order valence-corrected chi connectivity index (χ0v) is 15.6. The molecule has 4 rings (SSSR count). The summed E-state index contributed by atoms with van der Waals surface area (Å²) in [5.74, 6) is 3.65. The third-order valence-corrected chi connectivity index (χ3v) is 4.34. The van der Waals surface area contributed by atoms with Crippen LogP contribution in [0.2, 0.25) is 0 Å². The van der Waals surface area contributed by atoms with Gasteiger partial charge in [0.2, 0.25) is 5.95 Å². The van der Waals surface area contributed by atoms with Crippen LogP contribution in [0.5, 0.6) is 17.2 Å². The van der Waals surface area contributed by atoms with Gasteiger partial charge in [-0.1, -0.05) is 18.2 Å². The van der Waals surface area contributed by atoms with Crippen molar-refractivity contribution < 1.29 is 14.2 Å². The van der Waals surface area contributed by atoms with E-state index in [-0.39, 0.29) is 0 Å². The standard InChI is InChI=1S/C21H22N4O3/c1-26-17-5-3-2-4-15(17)8-10-22-21-23-11-9-20(25-21)24-16-6-7-18-19(14-16)28-13-12-27-18/h2-7,9,11,14H,8,10,12-13H2,1H3,(H2,22,23,24,25). The normalized spacial score (nSPS) is 12.3. The lowest BCUT2D eigenvalue weighted by atomic mass is 10.1. The minimum atomic E-state index is 0.560. The van der Waals surface area contributed by atoms with Crippen molar-refractivity contribution in [1.29, 1.82) is 0 Å². The number of anilines is 3. The van der Waals surface area contributed by atoms with E-state index in [0.29, 0.717) is 31.5 Å². The van der Waals surface area contributed by atoms with Crippen molar-refractivity contribution >= 4 is 17.5 Å². The third-order valence-electron chi connectivity index (χ3n) is 4.34. The highest BCUT2D eigenvalue weighted by Crippen LogP contribution is 2.33. The van der Waals surface area contributed by atoms with Gasteiger partial charge in [0.05, 0.1) is 7.11 Å². The van der Waals surface area contributed by atoms with Gasteiger partial charge in [0.1, 0.15) is 24.8 Å². The van der Waals surface area contributed by atoms with E-state index in [4.69, 9.17) is 14.2 Å². The summed E-state index contributed by atoms with van der Waals surface area (Å²) in [5.41, 5.74) is 2.02. The van der Waals surface area contributed by atoms with E-state index in [9.17, 15) is 0 Å². The summed E-state index contributed by atoms with van der Waals surface area (Å²) in [6.45, 7) is 1.84. The fourth-order valence-electron chi connectivity index (χ4n) is 3.00. The quantitative estimate of drug-likeness (QED) is 0.650. The second-order valence-corrected chi connectivity index (χ2v) is 6.24. The van der Waals surface area contributed by atoms with Crippen molar-refractivity contribution in [3.8, 4) is 17.2 Å². The van der Waals surface area contributed by atoms with Gasteiger partial charge in [0.25, 0.3) is 0 Å². The van der Waals surface area contributed by atoms with E-state index < -0.39 is 0 Å². The molecule has 0 atom stereocenters. The Hall–Kier alpha value is -3.48. The zero-order chi connectivity index (χ0) is 19.2. The van der Waals surface area contributed by atoms with Crippen molar-refractivity contribution in [2.24, 2.45) is 0 Å². The van der Waals surface area contributed by atoms with Crippen molar-refractivity contribution in [2.45, 2.75) is 6.42 Å². The number of ether oxygens (including phenoxy) is 3. The molecule has 1 aliphatic rings. The molecule has 0 spiro atoms. The molecule has 7 nitrogen and oxygen atoms in total. The molecule has 1 aromatic heterocycles. The maximum absolute atomic E-state index is 5.62. The van der Waals surface area contributed by atoms with E-state index in [1.165, 1.54) is 0 Å². The van der Waals surface area contributed by atoms with Crippen LogP contribution in [0.25, 0.3) is 0 Å². The molecule has 2 heterocycles. The molecule has 1 aliphatic heterocycles. The van der Waals surface area contributed by atoms with Gasteiger partial charge in [-0.05, 0) is 36.2 Å². The number of rotatable bonds is 7. The number of benzene rings is 2. The molecule has 0 saturated carbocycles. The van der Waals surface area contributed by atoms with Crippen LogP contribution in [-0.4, -0.2) is 36.8 Å². The SMILES string of the molecule is COc1ccccc1CCNc1nccc(Nc2ccc3c(c2)OCCO3)n1. The van der Waals surface area contributed by atoms with Gasteiger partial charge < -0.3 is 24.8 Å². The molecular formula is C21H22N4O3. The Kier molecular flexibility index (Phi) is 5.42. The molecule has 0 fully saturated rings. The summed E-state index contributed by atoms with van der Waals surface area (Å²) in [6, 6.07) is 15.5. The summed E-state index contributed by atoms with van der Waals surface area (Å²) in [7, 11) is 1.68. The number of aromatic nitrogens is 2. The molecular weight excluding hydrogens is 356 g/mol. The molecule has 0 bridgehead atoms. The van der Waals surface area contributed by atoms with Crippen LogP contribution < -0.4 is 24.8 Å². The van der Waals surface area contributed by atoms with E-state index in [2.05, 4.69) is 26.7 Å². The number of para-hydroxylation sites is 1. The Morgan fingerprint density at radius 2 is 1.89 bits per heavy atom. The first-order valence-corrected chi connectivity index (χ1v) is 9.17. The minimum Gasteiger partial charge on any atom is -0.496 e. The molecule has 144 valence electrons. The van der Waals surface area contributed by atoms with Gasteiger partial charge in [0.15, 0.2) is 11.5 Å². The van der Waals surface area contributed by atoms with Gasteiger partial charge in [-0.25, -0.2) is 4.98 Å². The molecule has 0 aliphatic carbocycles. The Labute approximate surface area is 163 Å². The molecule has 7 heteroatoms. The molecule has 2 N–H and O–H groups in total. The average molecular weight is 378 g/mol. The first kappa shape index (κ1) is 17.9. The smallest absolute Gasteiger partial charge is 0.224 e. The fourth-order valence-corrected chi connectivity index (χ4v) is 3.00. The zero-order valence-electron chi connectivity index (χ0n) is 15.6. The highest BCUT2D eigenvalue weighted by molar-refractivity contribution is 5.62. The molecule has 28 heavy (non-hydrogen) atoms. The Bertz CT molecular complexity index is 948. The minimum absolute atomic E-state index is 0.560. The summed E-state index contributed by atoms with van der Waals surface area (Å²) in [5, 5.41) is 6.53. The molecule has 3 aromatic rings. The summed E-state index contributed by atoms with van der Waals surface area (Å²) in [6.07, 6.45) is 2.53. The molecule has 0 radical (unpaired) electrons. The number of hydrogen-bond donors (Lipinski definition) is 2. The predicted molar refractivity (Wildman–Crippen MR) is 108 cm³/mol. The largest absolute Gasteiger partial charge is 0.496 e. The molecule has 0 amide bonds. The van der Waals surface area contributed by atoms with Crippen LogP contribution in [-0.2, 0) is 6.42 Å². The van der Waals surface area contributed by atoms with Crippen molar-refractivity contribution in [1.82, 2.24) is 9.97 Å². The van der Waals surface area contributed by atoms with Crippen LogP contribution >= 0.6 is 0 Å².